The zero-order chi connectivity index (χ0) is 14.0. The SMILES string of the molecule is CCn1nc(C)cc1C(=O)Nc1ccc(O)cc1Cl. The van der Waals surface area contributed by atoms with Gasteiger partial charge in [0.25, 0.3) is 5.91 Å². The van der Waals surface area contributed by atoms with Gasteiger partial charge in [-0.15, -0.1) is 0 Å². The van der Waals surface area contributed by atoms with E-state index in [1.807, 2.05) is 13.8 Å². The Labute approximate surface area is 115 Å². The summed E-state index contributed by atoms with van der Waals surface area (Å²) in [5.74, 6) is -0.229. The molecule has 1 heterocycles. The van der Waals surface area contributed by atoms with Crippen LogP contribution in [0.3, 0.4) is 0 Å². The number of carbonyl (C=O) groups is 1. The molecule has 0 aliphatic rings. The summed E-state index contributed by atoms with van der Waals surface area (Å²) in [7, 11) is 0. The molecular weight excluding hydrogens is 266 g/mol. The molecule has 2 rings (SSSR count). The number of nitrogens with zero attached hydrogens (tertiary/aromatic N) is 2. The fourth-order valence-electron chi connectivity index (χ4n) is 1.76. The van der Waals surface area contributed by atoms with Crippen molar-refractivity contribution >= 4 is 23.2 Å². The molecule has 0 aliphatic heterocycles. The summed E-state index contributed by atoms with van der Waals surface area (Å²) in [6, 6.07) is 6.10. The highest BCUT2D eigenvalue weighted by Crippen LogP contribution is 2.26. The molecule has 5 nitrogen and oxygen atoms in total. The molecule has 6 heteroatoms. The molecule has 100 valence electrons. The van der Waals surface area contributed by atoms with E-state index >= 15 is 0 Å². The lowest BCUT2D eigenvalue weighted by Gasteiger charge is -2.08. The molecule has 2 aromatic rings. The molecule has 0 saturated heterocycles. The van der Waals surface area contributed by atoms with Gasteiger partial charge in [0, 0.05) is 12.6 Å². The quantitative estimate of drug-likeness (QED) is 0.849. The number of phenolic OH excluding ortho intramolecular Hbond substituents is 1. The molecule has 0 aliphatic carbocycles. The molecule has 19 heavy (non-hydrogen) atoms. The number of aryl methyl sites for hydroxylation is 2. The molecule has 0 spiro atoms. The Balaban J connectivity index is 2.25. The Hall–Kier alpha value is -2.01. The van der Waals surface area contributed by atoms with E-state index in [0.29, 0.717) is 17.9 Å². The molecule has 0 unspecified atom stereocenters. The standard InChI is InChI=1S/C13H14ClN3O2/c1-3-17-12(6-8(2)16-17)13(19)15-11-5-4-9(18)7-10(11)14/h4-7,18H,3H2,1-2H3,(H,15,19). The van der Waals surface area contributed by atoms with Crippen molar-refractivity contribution in [2.45, 2.75) is 20.4 Å². The zero-order valence-corrected chi connectivity index (χ0v) is 11.4. The first kappa shape index (κ1) is 13.4. The van der Waals surface area contributed by atoms with Gasteiger partial charge >= 0.3 is 0 Å². The first-order valence-corrected chi connectivity index (χ1v) is 6.23. The number of aromatic nitrogens is 2. The molecule has 0 radical (unpaired) electrons. The number of hydrogen-bond acceptors (Lipinski definition) is 3. The van der Waals surface area contributed by atoms with Crippen LogP contribution in [0.25, 0.3) is 0 Å². The molecule has 1 aromatic heterocycles. The first-order valence-electron chi connectivity index (χ1n) is 5.85. The Morgan fingerprint density at radius 2 is 2.21 bits per heavy atom. The smallest absolute Gasteiger partial charge is 0.273 e. The number of rotatable bonds is 3. The van der Waals surface area contributed by atoms with Crippen molar-refractivity contribution in [2.75, 3.05) is 5.32 Å². The van der Waals surface area contributed by atoms with Gasteiger partial charge in [-0.1, -0.05) is 11.6 Å². The van der Waals surface area contributed by atoms with Crippen LogP contribution in [0.4, 0.5) is 5.69 Å². The average molecular weight is 280 g/mol. The normalized spacial score (nSPS) is 10.5. The second-order valence-electron chi connectivity index (χ2n) is 4.10. The summed E-state index contributed by atoms with van der Waals surface area (Å²) in [6.07, 6.45) is 0. The Morgan fingerprint density at radius 3 is 2.84 bits per heavy atom. The van der Waals surface area contributed by atoms with Crippen molar-refractivity contribution in [3.63, 3.8) is 0 Å². The number of nitrogens with one attached hydrogen (secondary N) is 1. The number of phenols is 1. The van der Waals surface area contributed by atoms with Crippen LogP contribution in [0, 0.1) is 6.92 Å². The number of benzene rings is 1. The van der Waals surface area contributed by atoms with Gasteiger partial charge in [-0.25, -0.2) is 0 Å². The van der Waals surface area contributed by atoms with Gasteiger partial charge in [-0.3, -0.25) is 9.48 Å². The van der Waals surface area contributed by atoms with Gasteiger partial charge in [0.2, 0.25) is 0 Å². The fraction of sp³-hybridized carbons (Fsp3) is 0.231. The molecule has 0 bridgehead atoms. The maximum Gasteiger partial charge on any atom is 0.273 e. The predicted octanol–water partition coefficient (Wildman–Crippen LogP) is 2.82. The van der Waals surface area contributed by atoms with Gasteiger partial charge in [0.15, 0.2) is 0 Å². The Bertz CT molecular complexity index is 622. The van der Waals surface area contributed by atoms with Crippen LogP contribution in [0.2, 0.25) is 5.02 Å². The maximum absolute atomic E-state index is 12.2. The van der Waals surface area contributed by atoms with Gasteiger partial charge in [-0.2, -0.15) is 5.10 Å². The summed E-state index contributed by atoms with van der Waals surface area (Å²) in [5.41, 5.74) is 1.71. The van der Waals surface area contributed by atoms with Gasteiger partial charge in [0.1, 0.15) is 11.4 Å². The molecule has 0 fully saturated rings. The van der Waals surface area contributed by atoms with Crippen molar-refractivity contribution < 1.29 is 9.90 Å². The third kappa shape index (κ3) is 2.88. The van der Waals surface area contributed by atoms with E-state index in [9.17, 15) is 9.90 Å². The number of aromatic hydroxyl groups is 1. The van der Waals surface area contributed by atoms with Crippen LogP contribution >= 0.6 is 11.6 Å². The van der Waals surface area contributed by atoms with Gasteiger partial charge in [-0.05, 0) is 32.0 Å². The summed E-state index contributed by atoms with van der Waals surface area (Å²) >= 11 is 5.94. The summed E-state index contributed by atoms with van der Waals surface area (Å²) in [4.78, 5) is 12.2. The number of carbonyl (C=O) groups excluding carboxylic acids is 1. The minimum Gasteiger partial charge on any atom is -0.508 e. The van der Waals surface area contributed by atoms with Crippen molar-refractivity contribution in [2.24, 2.45) is 0 Å². The van der Waals surface area contributed by atoms with Crippen molar-refractivity contribution in [3.8, 4) is 5.75 Å². The minimum absolute atomic E-state index is 0.0532. The minimum atomic E-state index is -0.282. The van der Waals surface area contributed by atoms with Crippen LogP contribution in [-0.4, -0.2) is 20.8 Å². The van der Waals surface area contributed by atoms with Crippen molar-refractivity contribution in [3.05, 3.63) is 40.7 Å². The number of anilines is 1. The van der Waals surface area contributed by atoms with E-state index in [1.165, 1.54) is 12.1 Å². The summed E-state index contributed by atoms with van der Waals surface area (Å²) < 4.78 is 1.62. The lowest BCUT2D eigenvalue weighted by molar-refractivity contribution is 0.101. The highest BCUT2D eigenvalue weighted by atomic mass is 35.5. The van der Waals surface area contributed by atoms with Crippen LogP contribution < -0.4 is 5.32 Å². The molecule has 1 aromatic carbocycles. The van der Waals surface area contributed by atoms with Crippen LogP contribution in [0.1, 0.15) is 23.1 Å². The summed E-state index contributed by atoms with van der Waals surface area (Å²) in [5, 5.41) is 16.5. The second kappa shape index (κ2) is 5.32. The predicted molar refractivity (Wildman–Crippen MR) is 73.7 cm³/mol. The summed E-state index contributed by atoms with van der Waals surface area (Å²) in [6.45, 7) is 4.35. The van der Waals surface area contributed by atoms with Crippen molar-refractivity contribution in [1.82, 2.24) is 9.78 Å². The van der Waals surface area contributed by atoms with E-state index < -0.39 is 0 Å². The van der Waals surface area contributed by atoms with Gasteiger partial charge in [0.05, 0.1) is 16.4 Å². The third-order valence-corrected chi connectivity index (χ3v) is 2.95. The Kier molecular flexibility index (Phi) is 3.76. The number of hydrogen-bond donors (Lipinski definition) is 2. The first-order chi connectivity index (χ1) is 9.01. The maximum atomic E-state index is 12.2. The second-order valence-corrected chi connectivity index (χ2v) is 4.51. The van der Waals surface area contributed by atoms with Crippen molar-refractivity contribution in [1.29, 1.82) is 0 Å². The van der Waals surface area contributed by atoms with Gasteiger partial charge < -0.3 is 10.4 Å². The average Bonchev–Trinajstić information content (AvgIpc) is 2.74. The Morgan fingerprint density at radius 1 is 1.47 bits per heavy atom. The van der Waals surface area contributed by atoms with Crippen LogP contribution in [0.5, 0.6) is 5.75 Å². The monoisotopic (exact) mass is 279 g/mol. The van der Waals surface area contributed by atoms with Crippen LogP contribution in [0.15, 0.2) is 24.3 Å². The number of halogens is 1. The molecular formula is C13H14ClN3O2. The largest absolute Gasteiger partial charge is 0.508 e. The zero-order valence-electron chi connectivity index (χ0n) is 10.6. The molecule has 0 saturated carbocycles. The van der Waals surface area contributed by atoms with E-state index in [4.69, 9.17) is 11.6 Å². The molecule has 0 atom stereocenters. The lowest BCUT2D eigenvalue weighted by atomic mass is 10.3. The molecule has 2 N–H and O–H groups in total. The lowest BCUT2D eigenvalue weighted by Crippen LogP contribution is -2.17. The fourth-order valence-corrected chi connectivity index (χ4v) is 1.98. The van der Waals surface area contributed by atoms with E-state index in [0.717, 1.165) is 5.69 Å². The topological polar surface area (TPSA) is 67.2 Å². The van der Waals surface area contributed by atoms with E-state index in [1.54, 1.807) is 16.8 Å². The highest BCUT2D eigenvalue weighted by Gasteiger charge is 2.14. The number of amides is 1. The highest BCUT2D eigenvalue weighted by molar-refractivity contribution is 6.34. The molecule has 1 amide bonds. The third-order valence-electron chi connectivity index (χ3n) is 2.64. The van der Waals surface area contributed by atoms with E-state index in [2.05, 4.69) is 10.4 Å². The van der Waals surface area contributed by atoms with Crippen LogP contribution in [-0.2, 0) is 6.54 Å². The van der Waals surface area contributed by atoms with E-state index in [-0.39, 0.29) is 16.7 Å².